The highest BCUT2D eigenvalue weighted by Crippen LogP contribution is 2.23. The lowest BCUT2D eigenvalue weighted by atomic mass is 10.1. The van der Waals surface area contributed by atoms with Crippen molar-refractivity contribution in [3.8, 4) is 0 Å². The molecule has 0 aromatic heterocycles. The van der Waals surface area contributed by atoms with Crippen molar-refractivity contribution < 1.29 is 27.5 Å². The van der Waals surface area contributed by atoms with Gasteiger partial charge in [0, 0.05) is 18.3 Å². The zero-order chi connectivity index (χ0) is 25.8. The van der Waals surface area contributed by atoms with E-state index in [1.165, 1.54) is 51.2 Å². The van der Waals surface area contributed by atoms with Gasteiger partial charge in [-0.3, -0.25) is 13.9 Å². The van der Waals surface area contributed by atoms with E-state index in [9.17, 15) is 22.8 Å². The number of carbonyl (C=O) groups excluding carboxylic acids is 3. The minimum Gasteiger partial charge on any atom is -0.449 e. The fourth-order valence-corrected chi connectivity index (χ4v) is 4.42. The number of rotatable bonds is 8. The van der Waals surface area contributed by atoms with E-state index < -0.39 is 28.0 Å². The van der Waals surface area contributed by atoms with Crippen LogP contribution in [-0.4, -0.2) is 39.2 Å². The summed E-state index contributed by atoms with van der Waals surface area (Å²) in [6.45, 7) is 4.71. The molecular formula is C26H26N2O6S. The van der Waals surface area contributed by atoms with Crippen LogP contribution in [-0.2, 0) is 19.6 Å². The number of benzene rings is 3. The number of ether oxygens (including phenoxy) is 1. The molecule has 1 atom stereocenters. The van der Waals surface area contributed by atoms with Crippen LogP contribution < -0.4 is 9.62 Å². The van der Waals surface area contributed by atoms with Gasteiger partial charge in [0.15, 0.2) is 11.9 Å². The van der Waals surface area contributed by atoms with Crippen LogP contribution in [0.4, 0.5) is 11.4 Å². The average molecular weight is 495 g/mol. The smallest absolute Gasteiger partial charge is 0.338 e. The first-order valence-corrected chi connectivity index (χ1v) is 12.2. The molecule has 8 nitrogen and oxygen atoms in total. The molecule has 1 unspecified atom stereocenters. The molecule has 0 aliphatic carbocycles. The molecular weight excluding hydrogens is 468 g/mol. The maximum Gasteiger partial charge on any atom is 0.338 e. The Morgan fingerprint density at radius 1 is 0.914 bits per heavy atom. The Morgan fingerprint density at radius 2 is 1.54 bits per heavy atom. The summed E-state index contributed by atoms with van der Waals surface area (Å²) in [5, 5.41) is 2.60. The Hall–Kier alpha value is -3.98. The van der Waals surface area contributed by atoms with Crippen LogP contribution in [0.1, 0.15) is 40.1 Å². The molecule has 182 valence electrons. The Labute approximate surface area is 204 Å². The molecule has 3 rings (SSSR count). The number of ketones is 1. The normalized spacial score (nSPS) is 11.9. The van der Waals surface area contributed by atoms with E-state index in [1.54, 1.807) is 42.5 Å². The summed E-state index contributed by atoms with van der Waals surface area (Å²) in [5.74, 6) is -1.59. The molecule has 0 fully saturated rings. The number of hydrogen-bond acceptors (Lipinski definition) is 6. The molecule has 0 spiro atoms. The first-order valence-electron chi connectivity index (χ1n) is 10.8. The van der Waals surface area contributed by atoms with Gasteiger partial charge in [-0.1, -0.05) is 35.9 Å². The zero-order valence-electron chi connectivity index (χ0n) is 19.8. The lowest BCUT2D eigenvalue weighted by Gasteiger charge is -2.20. The summed E-state index contributed by atoms with van der Waals surface area (Å²) in [6, 6.07) is 18.8. The molecule has 1 N–H and O–H groups in total. The number of hydrogen-bond donors (Lipinski definition) is 1. The first kappa shape index (κ1) is 25.6. The monoisotopic (exact) mass is 494 g/mol. The molecule has 0 radical (unpaired) electrons. The lowest BCUT2D eigenvalue weighted by Crippen LogP contribution is -2.30. The van der Waals surface area contributed by atoms with Crippen LogP contribution in [0.5, 0.6) is 0 Å². The third kappa shape index (κ3) is 6.13. The fourth-order valence-electron chi connectivity index (χ4n) is 3.18. The highest BCUT2D eigenvalue weighted by molar-refractivity contribution is 7.92. The van der Waals surface area contributed by atoms with Crippen LogP contribution >= 0.6 is 0 Å². The van der Waals surface area contributed by atoms with Crippen LogP contribution in [0.3, 0.4) is 0 Å². The maximum absolute atomic E-state index is 13.1. The number of anilines is 2. The predicted molar refractivity (Wildman–Crippen MR) is 133 cm³/mol. The molecule has 0 saturated carbocycles. The Balaban J connectivity index is 1.72. The maximum atomic E-state index is 13.1. The van der Waals surface area contributed by atoms with Gasteiger partial charge in [-0.2, -0.15) is 0 Å². The van der Waals surface area contributed by atoms with E-state index in [-0.39, 0.29) is 16.2 Å². The molecule has 0 bridgehead atoms. The minimum absolute atomic E-state index is 0.0124. The van der Waals surface area contributed by atoms with Crippen molar-refractivity contribution in [3.63, 3.8) is 0 Å². The number of esters is 1. The molecule has 0 heterocycles. The third-order valence-electron chi connectivity index (χ3n) is 5.32. The summed E-state index contributed by atoms with van der Waals surface area (Å²) in [5.41, 5.74) is 2.28. The van der Waals surface area contributed by atoms with Gasteiger partial charge in [-0.15, -0.1) is 0 Å². The predicted octanol–water partition coefficient (Wildman–Crippen LogP) is 4.21. The summed E-state index contributed by atoms with van der Waals surface area (Å²) in [4.78, 5) is 36.6. The standard InChI is InChI=1S/C26H26N2O6S/c1-17-11-13-23(14-12-17)28(4)35(32,33)24-10-6-8-21(16-24)26(31)34-19(3)25(30)27-22-9-5-7-20(15-22)18(2)29/h5-16,19H,1-4H3,(H,27,30). The van der Waals surface area contributed by atoms with E-state index in [0.29, 0.717) is 16.9 Å². The van der Waals surface area contributed by atoms with Crippen molar-refractivity contribution in [1.29, 1.82) is 0 Å². The molecule has 1 amide bonds. The molecule has 3 aromatic rings. The number of sulfonamides is 1. The molecule has 0 aliphatic heterocycles. The van der Waals surface area contributed by atoms with Crippen molar-refractivity contribution in [2.75, 3.05) is 16.7 Å². The van der Waals surface area contributed by atoms with E-state index >= 15 is 0 Å². The van der Waals surface area contributed by atoms with E-state index in [4.69, 9.17) is 4.74 Å². The Morgan fingerprint density at radius 3 is 2.20 bits per heavy atom. The molecule has 0 aliphatic rings. The van der Waals surface area contributed by atoms with E-state index in [1.807, 2.05) is 6.92 Å². The second kappa shape index (κ2) is 10.5. The Kier molecular flexibility index (Phi) is 7.71. The van der Waals surface area contributed by atoms with Gasteiger partial charge < -0.3 is 10.1 Å². The highest BCUT2D eigenvalue weighted by Gasteiger charge is 2.24. The quantitative estimate of drug-likeness (QED) is 0.371. The summed E-state index contributed by atoms with van der Waals surface area (Å²) in [6.07, 6.45) is -1.17. The van der Waals surface area contributed by atoms with Gasteiger partial charge in [0.2, 0.25) is 0 Å². The van der Waals surface area contributed by atoms with Crippen LogP contribution in [0, 0.1) is 6.92 Å². The number of aryl methyl sites for hydroxylation is 1. The Bertz CT molecular complexity index is 1370. The first-order chi connectivity index (χ1) is 16.5. The number of carbonyl (C=O) groups is 3. The fraction of sp³-hybridized carbons (Fsp3) is 0.192. The third-order valence-corrected chi connectivity index (χ3v) is 7.10. The van der Waals surface area contributed by atoms with Gasteiger partial charge in [-0.05, 0) is 63.2 Å². The van der Waals surface area contributed by atoms with Crippen LogP contribution in [0.2, 0.25) is 0 Å². The SMILES string of the molecule is CC(=O)c1cccc(NC(=O)C(C)OC(=O)c2cccc(S(=O)(=O)N(C)c3ccc(C)cc3)c2)c1. The highest BCUT2D eigenvalue weighted by atomic mass is 32.2. The second-order valence-electron chi connectivity index (χ2n) is 8.01. The van der Waals surface area contributed by atoms with Crippen LogP contribution in [0.15, 0.2) is 77.7 Å². The number of nitrogens with zero attached hydrogens (tertiary/aromatic N) is 1. The number of nitrogens with one attached hydrogen (secondary N) is 1. The van der Waals surface area contributed by atoms with Crippen molar-refractivity contribution in [2.24, 2.45) is 0 Å². The van der Waals surface area contributed by atoms with E-state index in [2.05, 4.69) is 5.32 Å². The number of Topliss-reactive ketones (excluding diaryl/α,β-unsaturated/α-hetero) is 1. The minimum atomic E-state index is -3.94. The molecule has 35 heavy (non-hydrogen) atoms. The van der Waals surface area contributed by atoms with Gasteiger partial charge in [0.1, 0.15) is 0 Å². The van der Waals surface area contributed by atoms with Gasteiger partial charge in [0.05, 0.1) is 16.1 Å². The topological polar surface area (TPSA) is 110 Å². The van der Waals surface area contributed by atoms with Gasteiger partial charge in [-0.25, -0.2) is 13.2 Å². The molecule has 3 aromatic carbocycles. The van der Waals surface area contributed by atoms with Gasteiger partial charge >= 0.3 is 5.97 Å². The molecule has 0 saturated heterocycles. The number of amides is 1. The van der Waals surface area contributed by atoms with Gasteiger partial charge in [0.25, 0.3) is 15.9 Å². The average Bonchev–Trinajstić information content (AvgIpc) is 2.84. The second-order valence-corrected chi connectivity index (χ2v) is 9.98. The zero-order valence-corrected chi connectivity index (χ0v) is 20.6. The lowest BCUT2D eigenvalue weighted by molar-refractivity contribution is -0.123. The summed E-state index contributed by atoms with van der Waals surface area (Å²) in [7, 11) is -2.51. The van der Waals surface area contributed by atoms with Crippen LogP contribution in [0.25, 0.3) is 0 Å². The largest absolute Gasteiger partial charge is 0.449 e. The van der Waals surface area contributed by atoms with Crippen molar-refractivity contribution in [3.05, 3.63) is 89.5 Å². The summed E-state index contributed by atoms with van der Waals surface area (Å²) < 4.78 is 32.5. The van der Waals surface area contributed by atoms with Crippen molar-refractivity contribution in [2.45, 2.75) is 31.8 Å². The summed E-state index contributed by atoms with van der Waals surface area (Å²) >= 11 is 0. The van der Waals surface area contributed by atoms with E-state index in [0.717, 1.165) is 9.87 Å². The van der Waals surface area contributed by atoms with Crippen molar-refractivity contribution in [1.82, 2.24) is 0 Å². The molecule has 9 heteroatoms. The van der Waals surface area contributed by atoms with Crippen molar-refractivity contribution >= 4 is 39.1 Å².